The molecule has 0 bridgehead atoms. The van der Waals surface area contributed by atoms with Gasteiger partial charge in [0, 0.05) is 12.6 Å². The van der Waals surface area contributed by atoms with Crippen LogP contribution in [-0.4, -0.2) is 24.8 Å². The zero-order chi connectivity index (χ0) is 13.1. The van der Waals surface area contributed by atoms with Gasteiger partial charge in [-0.25, -0.2) is 0 Å². The molecule has 2 rings (SSSR count). The minimum Gasteiger partial charge on any atom is -0.374 e. The highest BCUT2D eigenvalue weighted by Gasteiger charge is 2.32. The van der Waals surface area contributed by atoms with E-state index in [4.69, 9.17) is 4.74 Å². The van der Waals surface area contributed by atoms with Crippen molar-refractivity contribution >= 4 is 0 Å². The zero-order valence-electron chi connectivity index (χ0n) is 12.6. The normalized spacial score (nSPS) is 34.8. The van der Waals surface area contributed by atoms with Gasteiger partial charge in [-0.2, -0.15) is 0 Å². The number of hydrogen-bond acceptors (Lipinski definition) is 2. The predicted octanol–water partition coefficient (Wildman–Crippen LogP) is 3.60. The van der Waals surface area contributed by atoms with E-state index in [1.807, 2.05) is 0 Å². The molecule has 0 aromatic carbocycles. The van der Waals surface area contributed by atoms with Crippen molar-refractivity contribution in [2.24, 2.45) is 17.8 Å². The molecule has 0 heterocycles. The van der Waals surface area contributed by atoms with E-state index < -0.39 is 0 Å². The summed E-state index contributed by atoms with van der Waals surface area (Å²) in [7, 11) is 0. The van der Waals surface area contributed by atoms with E-state index in [-0.39, 0.29) is 0 Å². The van der Waals surface area contributed by atoms with Gasteiger partial charge in [-0.3, -0.25) is 0 Å². The molecule has 0 aliphatic heterocycles. The van der Waals surface area contributed by atoms with Crippen molar-refractivity contribution in [2.45, 2.75) is 78.0 Å². The van der Waals surface area contributed by atoms with Crippen LogP contribution in [0.1, 0.15) is 59.8 Å². The maximum atomic E-state index is 6.35. The molecular formula is C16H31NO. The molecule has 2 fully saturated rings. The van der Waals surface area contributed by atoms with Gasteiger partial charge in [0.2, 0.25) is 0 Å². The Kier molecular flexibility index (Phi) is 5.08. The Hall–Kier alpha value is -0.0800. The predicted molar refractivity (Wildman–Crippen MR) is 76.7 cm³/mol. The summed E-state index contributed by atoms with van der Waals surface area (Å²) in [5.74, 6) is 2.37. The van der Waals surface area contributed by atoms with E-state index in [1.54, 1.807) is 0 Å². The SMILES string of the molecule is CC1CCC(C(C)C)C(OC(C)CNC2CC2)C1. The summed E-state index contributed by atoms with van der Waals surface area (Å²) < 4.78 is 6.35. The Labute approximate surface area is 113 Å². The first-order chi connectivity index (χ1) is 8.56. The first-order valence-electron chi connectivity index (χ1n) is 7.95. The van der Waals surface area contributed by atoms with Crippen molar-refractivity contribution in [1.29, 1.82) is 0 Å². The van der Waals surface area contributed by atoms with Crippen molar-refractivity contribution in [1.82, 2.24) is 5.32 Å². The van der Waals surface area contributed by atoms with Gasteiger partial charge in [0.05, 0.1) is 12.2 Å². The van der Waals surface area contributed by atoms with Crippen LogP contribution >= 0.6 is 0 Å². The van der Waals surface area contributed by atoms with Crippen molar-refractivity contribution in [3.63, 3.8) is 0 Å². The van der Waals surface area contributed by atoms with Crippen LogP contribution in [0.3, 0.4) is 0 Å². The minimum atomic E-state index is 0.363. The number of nitrogens with one attached hydrogen (secondary N) is 1. The molecule has 2 saturated carbocycles. The standard InChI is InChI=1S/C16H31NO/c1-11(2)15-8-5-12(3)9-16(15)18-13(4)10-17-14-6-7-14/h11-17H,5-10H2,1-4H3. The lowest BCUT2D eigenvalue weighted by molar-refractivity contribution is -0.0727. The highest BCUT2D eigenvalue weighted by molar-refractivity contribution is 4.84. The zero-order valence-corrected chi connectivity index (χ0v) is 12.6. The van der Waals surface area contributed by atoms with E-state index in [0.29, 0.717) is 12.2 Å². The number of rotatable bonds is 6. The van der Waals surface area contributed by atoms with Gasteiger partial charge < -0.3 is 10.1 Å². The summed E-state index contributed by atoms with van der Waals surface area (Å²) in [6.45, 7) is 10.3. The fourth-order valence-corrected chi connectivity index (χ4v) is 3.24. The summed E-state index contributed by atoms with van der Waals surface area (Å²) in [4.78, 5) is 0. The second-order valence-corrected chi connectivity index (χ2v) is 6.99. The van der Waals surface area contributed by atoms with Crippen molar-refractivity contribution in [3.05, 3.63) is 0 Å². The fraction of sp³-hybridized carbons (Fsp3) is 1.00. The Morgan fingerprint density at radius 2 is 1.83 bits per heavy atom. The fourth-order valence-electron chi connectivity index (χ4n) is 3.24. The highest BCUT2D eigenvalue weighted by Crippen LogP contribution is 2.35. The van der Waals surface area contributed by atoms with E-state index in [0.717, 1.165) is 30.3 Å². The van der Waals surface area contributed by atoms with Crippen LogP contribution < -0.4 is 5.32 Å². The second-order valence-electron chi connectivity index (χ2n) is 6.99. The first-order valence-corrected chi connectivity index (χ1v) is 7.95. The molecule has 0 radical (unpaired) electrons. The third kappa shape index (κ3) is 4.24. The Bertz CT molecular complexity index is 249. The Morgan fingerprint density at radius 1 is 1.11 bits per heavy atom. The molecule has 2 aliphatic carbocycles. The molecule has 0 spiro atoms. The largest absolute Gasteiger partial charge is 0.374 e. The number of ether oxygens (including phenoxy) is 1. The summed E-state index contributed by atoms with van der Waals surface area (Å²) in [6, 6.07) is 0.794. The van der Waals surface area contributed by atoms with Crippen LogP contribution in [0.2, 0.25) is 0 Å². The monoisotopic (exact) mass is 253 g/mol. The highest BCUT2D eigenvalue weighted by atomic mass is 16.5. The topological polar surface area (TPSA) is 21.3 Å². The quantitative estimate of drug-likeness (QED) is 0.781. The molecule has 106 valence electrons. The maximum Gasteiger partial charge on any atom is 0.0675 e. The van der Waals surface area contributed by atoms with Crippen molar-refractivity contribution in [2.75, 3.05) is 6.54 Å². The van der Waals surface area contributed by atoms with Gasteiger partial charge >= 0.3 is 0 Å². The van der Waals surface area contributed by atoms with E-state index in [9.17, 15) is 0 Å². The molecule has 0 aromatic heterocycles. The Balaban J connectivity index is 1.78. The van der Waals surface area contributed by atoms with Gasteiger partial charge in [0.25, 0.3) is 0 Å². The van der Waals surface area contributed by atoms with Crippen LogP contribution in [0.4, 0.5) is 0 Å². The van der Waals surface area contributed by atoms with Crippen LogP contribution in [0.5, 0.6) is 0 Å². The molecule has 1 N–H and O–H groups in total. The molecule has 4 unspecified atom stereocenters. The smallest absolute Gasteiger partial charge is 0.0675 e. The molecular weight excluding hydrogens is 222 g/mol. The second kappa shape index (κ2) is 6.38. The lowest BCUT2D eigenvalue weighted by Crippen LogP contribution is -2.39. The lowest BCUT2D eigenvalue weighted by Gasteiger charge is -2.38. The summed E-state index contributed by atoms with van der Waals surface area (Å²) >= 11 is 0. The minimum absolute atomic E-state index is 0.363. The van der Waals surface area contributed by atoms with E-state index in [1.165, 1.54) is 32.1 Å². The van der Waals surface area contributed by atoms with Crippen LogP contribution in [0.15, 0.2) is 0 Å². The molecule has 0 amide bonds. The van der Waals surface area contributed by atoms with Gasteiger partial charge in [0.15, 0.2) is 0 Å². The average Bonchev–Trinajstić information content (AvgIpc) is 3.09. The van der Waals surface area contributed by atoms with Gasteiger partial charge in [-0.1, -0.05) is 27.2 Å². The first kappa shape index (κ1) is 14.3. The van der Waals surface area contributed by atoms with Crippen LogP contribution in [-0.2, 0) is 4.74 Å². The van der Waals surface area contributed by atoms with E-state index >= 15 is 0 Å². The molecule has 2 nitrogen and oxygen atoms in total. The summed E-state index contributed by atoms with van der Waals surface area (Å²) in [5, 5.41) is 3.58. The molecule has 2 heteroatoms. The molecule has 4 atom stereocenters. The number of hydrogen-bond donors (Lipinski definition) is 1. The van der Waals surface area contributed by atoms with Gasteiger partial charge in [-0.15, -0.1) is 0 Å². The van der Waals surface area contributed by atoms with Crippen LogP contribution in [0, 0.1) is 17.8 Å². The lowest BCUT2D eigenvalue weighted by atomic mass is 9.75. The van der Waals surface area contributed by atoms with Crippen LogP contribution in [0.25, 0.3) is 0 Å². The molecule has 0 aromatic rings. The van der Waals surface area contributed by atoms with Gasteiger partial charge in [-0.05, 0) is 50.4 Å². The summed E-state index contributed by atoms with van der Waals surface area (Å²) in [6.07, 6.45) is 7.58. The molecule has 18 heavy (non-hydrogen) atoms. The molecule has 0 saturated heterocycles. The maximum absolute atomic E-state index is 6.35. The third-order valence-electron chi connectivity index (χ3n) is 4.64. The van der Waals surface area contributed by atoms with E-state index in [2.05, 4.69) is 33.0 Å². The van der Waals surface area contributed by atoms with Crippen molar-refractivity contribution in [3.8, 4) is 0 Å². The van der Waals surface area contributed by atoms with Crippen molar-refractivity contribution < 1.29 is 4.74 Å². The average molecular weight is 253 g/mol. The Morgan fingerprint density at radius 3 is 2.44 bits per heavy atom. The van der Waals surface area contributed by atoms with Gasteiger partial charge in [0.1, 0.15) is 0 Å². The summed E-state index contributed by atoms with van der Waals surface area (Å²) in [5.41, 5.74) is 0. The third-order valence-corrected chi connectivity index (χ3v) is 4.64. The molecule has 2 aliphatic rings.